The van der Waals surface area contributed by atoms with Gasteiger partial charge in [0.25, 0.3) is 0 Å². The molecule has 0 aliphatic heterocycles. The van der Waals surface area contributed by atoms with Gasteiger partial charge in [-0.05, 0) is 42.7 Å². The maximum Gasteiger partial charge on any atom is 0.318 e. The summed E-state index contributed by atoms with van der Waals surface area (Å²) >= 11 is 0. The number of methoxy groups -OCH3 is 1. The molecule has 0 saturated heterocycles. The van der Waals surface area contributed by atoms with Gasteiger partial charge >= 0.3 is 6.03 Å². The molecular weight excluding hydrogens is 288 g/mol. The van der Waals surface area contributed by atoms with E-state index >= 15 is 0 Å². The molecule has 2 aromatic carbocycles. The van der Waals surface area contributed by atoms with Gasteiger partial charge in [-0.15, -0.1) is 0 Å². The summed E-state index contributed by atoms with van der Waals surface area (Å²) in [6.45, 7) is 2.62. The first kappa shape index (κ1) is 16.6. The lowest BCUT2D eigenvalue weighted by molar-refractivity contribution is 0.244. The Balaban J connectivity index is 1.69. The lowest BCUT2D eigenvalue weighted by Crippen LogP contribution is -2.33. The van der Waals surface area contributed by atoms with Gasteiger partial charge in [-0.2, -0.15) is 0 Å². The number of carbonyl (C=O) groups excluding carboxylic acids is 1. The highest BCUT2D eigenvalue weighted by molar-refractivity contribution is 5.75. The van der Waals surface area contributed by atoms with E-state index in [1.807, 2.05) is 61.5 Å². The van der Waals surface area contributed by atoms with Crippen LogP contribution in [-0.2, 0) is 6.42 Å². The smallest absolute Gasteiger partial charge is 0.318 e. The molecule has 0 aromatic heterocycles. The topological polar surface area (TPSA) is 50.4 Å². The highest BCUT2D eigenvalue weighted by Gasteiger charge is 1.98. The zero-order valence-corrected chi connectivity index (χ0v) is 13.5. The summed E-state index contributed by atoms with van der Waals surface area (Å²) in [5, 5.41) is 5.52. The number of urea groups is 1. The van der Waals surface area contributed by atoms with E-state index in [2.05, 4.69) is 10.6 Å². The second kappa shape index (κ2) is 8.63. The van der Waals surface area contributed by atoms with Crippen molar-refractivity contribution in [1.29, 1.82) is 0 Å². The number of hydrogen-bond acceptors (Lipinski definition) is 2. The van der Waals surface area contributed by atoms with Crippen LogP contribution >= 0.6 is 0 Å². The first-order valence-electron chi connectivity index (χ1n) is 7.58. The Labute approximate surface area is 137 Å². The minimum Gasteiger partial charge on any atom is -0.497 e. The van der Waals surface area contributed by atoms with E-state index in [1.165, 1.54) is 5.56 Å². The molecule has 0 radical (unpaired) electrons. The van der Waals surface area contributed by atoms with Crippen LogP contribution in [0.2, 0.25) is 0 Å². The van der Waals surface area contributed by atoms with Crippen LogP contribution in [0.4, 0.5) is 4.79 Å². The van der Waals surface area contributed by atoms with Crippen molar-refractivity contribution in [3.05, 3.63) is 71.4 Å². The summed E-state index contributed by atoms with van der Waals surface area (Å²) in [5.74, 6) is 0.834. The van der Waals surface area contributed by atoms with E-state index in [4.69, 9.17) is 4.74 Å². The van der Waals surface area contributed by atoms with Crippen LogP contribution in [0.3, 0.4) is 0 Å². The molecule has 23 heavy (non-hydrogen) atoms. The number of amides is 2. The Hall–Kier alpha value is -2.75. The van der Waals surface area contributed by atoms with Crippen LogP contribution in [-0.4, -0.2) is 19.7 Å². The van der Waals surface area contributed by atoms with E-state index in [-0.39, 0.29) is 6.03 Å². The fourth-order valence-corrected chi connectivity index (χ4v) is 2.05. The highest BCUT2D eigenvalue weighted by atomic mass is 16.5. The highest BCUT2D eigenvalue weighted by Crippen LogP contribution is 2.11. The number of ether oxygens (including phenoxy) is 1. The number of benzene rings is 2. The molecule has 4 nitrogen and oxygen atoms in total. The minimum atomic E-state index is -0.207. The Morgan fingerprint density at radius 2 is 1.78 bits per heavy atom. The third-order valence-electron chi connectivity index (χ3n) is 3.43. The van der Waals surface area contributed by atoms with Crippen LogP contribution in [0, 0.1) is 6.92 Å². The van der Waals surface area contributed by atoms with E-state index in [9.17, 15) is 4.79 Å². The summed E-state index contributed by atoms with van der Waals surface area (Å²) in [4.78, 5) is 11.7. The maximum absolute atomic E-state index is 11.7. The molecule has 0 unspecified atom stereocenters. The molecule has 0 bridgehead atoms. The van der Waals surface area contributed by atoms with E-state index in [1.54, 1.807) is 13.3 Å². The van der Waals surface area contributed by atoms with E-state index < -0.39 is 0 Å². The number of carbonyl (C=O) groups is 1. The van der Waals surface area contributed by atoms with Gasteiger partial charge in [0.2, 0.25) is 0 Å². The molecule has 0 saturated carbocycles. The predicted molar refractivity (Wildman–Crippen MR) is 93.4 cm³/mol. The lowest BCUT2D eigenvalue weighted by Gasteiger charge is -2.06. The molecule has 0 atom stereocenters. The van der Waals surface area contributed by atoms with Gasteiger partial charge < -0.3 is 15.4 Å². The maximum atomic E-state index is 11.7. The van der Waals surface area contributed by atoms with Gasteiger partial charge in [-0.3, -0.25) is 0 Å². The van der Waals surface area contributed by atoms with Crippen molar-refractivity contribution in [2.24, 2.45) is 0 Å². The molecule has 0 fully saturated rings. The van der Waals surface area contributed by atoms with Gasteiger partial charge in [0.05, 0.1) is 7.11 Å². The van der Waals surface area contributed by atoms with Gasteiger partial charge in [0.15, 0.2) is 0 Å². The molecule has 0 aliphatic carbocycles. The van der Waals surface area contributed by atoms with Gasteiger partial charge in [-0.25, -0.2) is 4.79 Å². The normalized spacial score (nSPS) is 10.5. The van der Waals surface area contributed by atoms with Crippen molar-refractivity contribution in [1.82, 2.24) is 10.6 Å². The number of aryl methyl sites for hydroxylation is 1. The monoisotopic (exact) mass is 310 g/mol. The molecule has 120 valence electrons. The second-order valence-electron chi connectivity index (χ2n) is 5.24. The van der Waals surface area contributed by atoms with Gasteiger partial charge in [0.1, 0.15) is 5.75 Å². The first-order valence-corrected chi connectivity index (χ1v) is 7.58. The van der Waals surface area contributed by atoms with Crippen LogP contribution in [0.5, 0.6) is 5.75 Å². The third-order valence-corrected chi connectivity index (χ3v) is 3.43. The molecule has 2 amide bonds. The first-order chi connectivity index (χ1) is 11.2. The quantitative estimate of drug-likeness (QED) is 0.858. The van der Waals surface area contributed by atoms with E-state index in [0.29, 0.717) is 6.54 Å². The van der Waals surface area contributed by atoms with Crippen molar-refractivity contribution >= 4 is 12.1 Å². The van der Waals surface area contributed by atoms with Crippen LogP contribution in [0.1, 0.15) is 16.7 Å². The van der Waals surface area contributed by atoms with Crippen molar-refractivity contribution < 1.29 is 9.53 Å². The SMILES string of the molecule is COc1ccc(CCNC(=O)N/C=C/c2ccc(C)cc2)cc1. The number of hydrogen-bond donors (Lipinski definition) is 2. The summed E-state index contributed by atoms with van der Waals surface area (Å²) in [5.41, 5.74) is 3.42. The number of rotatable bonds is 6. The second-order valence-corrected chi connectivity index (χ2v) is 5.24. The summed E-state index contributed by atoms with van der Waals surface area (Å²) in [6.07, 6.45) is 4.29. The zero-order chi connectivity index (χ0) is 16.5. The number of nitrogens with one attached hydrogen (secondary N) is 2. The minimum absolute atomic E-state index is 0.207. The largest absolute Gasteiger partial charge is 0.497 e. The average Bonchev–Trinajstić information content (AvgIpc) is 2.57. The van der Waals surface area contributed by atoms with Gasteiger partial charge in [0, 0.05) is 12.7 Å². The Kier molecular flexibility index (Phi) is 6.24. The van der Waals surface area contributed by atoms with Crippen molar-refractivity contribution in [2.75, 3.05) is 13.7 Å². The average molecular weight is 310 g/mol. The molecular formula is C19H22N2O2. The van der Waals surface area contributed by atoms with Gasteiger partial charge in [-0.1, -0.05) is 42.0 Å². The van der Waals surface area contributed by atoms with Crippen molar-refractivity contribution in [2.45, 2.75) is 13.3 Å². The molecule has 4 heteroatoms. The fraction of sp³-hybridized carbons (Fsp3) is 0.211. The molecule has 2 N–H and O–H groups in total. The van der Waals surface area contributed by atoms with Crippen LogP contribution < -0.4 is 15.4 Å². The van der Waals surface area contributed by atoms with Crippen LogP contribution in [0.25, 0.3) is 6.08 Å². The molecule has 2 rings (SSSR count). The Morgan fingerprint density at radius 1 is 1.09 bits per heavy atom. The molecule has 0 heterocycles. The van der Waals surface area contributed by atoms with Crippen LogP contribution in [0.15, 0.2) is 54.7 Å². The summed E-state index contributed by atoms with van der Waals surface area (Å²) < 4.78 is 5.11. The molecule has 2 aromatic rings. The zero-order valence-electron chi connectivity index (χ0n) is 13.5. The molecule has 0 aliphatic rings. The van der Waals surface area contributed by atoms with Crippen molar-refractivity contribution in [3.8, 4) is 5.75 Å². The summed E-state index contributed by atoms with van der Waals surface area (Å²) in [6, 6.07) is 15.7. The predicted octanol–water partition coefficient (Wildman–Crippen LogP) is 3.52. The fourth-order valence-electron chi connectivity index (χ4n) is 2.05. The Bertz CT molecular complexity index is 646. The molecule has 0 spiro atoms. The lowest BCUT2D eigenvalue weighted by atomic mass is 10.1. The Morgan fingerprint density at radius 3 is 2.43 bits per heavy atom. The van der Waals surface area contributed by atoms with E-state index in [0.717, 1.165) is 23.3 Å². The van der Waals surface area contributed by atoms with Crippen molar-refractivity contribution in [3.63, 3.8) is 0 Å². The third kappa shape index (κ3) is 5.87. The standard InChI is InChI=1S/C19H22N2O2/c1-15-3-5-16(6-4-15)11-13-20-19(22)21-14-12-17-7-9-18(23-2)10-8-17/h3-11,13H,12,14H2,1-2H3,(H2,20,21,22)/b13-11+. The summed E-state index contributed by atoms with van der Waals surface area (Å²) in [7, 11) is 1.64.